The Kier molecular flexibility index (Phi) is 5.62. The predicted molar refractivity (Wildman–Crippen MR) is 77.6 cm³/mol. The maximum absolute atomic E-state index is 13.2. The summed E-state index contributed by atoms with van der Waals surface area (Å²) >= 11 is 5.79. The number of carbonyl (C=O) groups is 2. The highest BCUT2D eigenvalue weighted by Crippen LogP contribution is 2.29. The van der Waals surface area contributed by atoms with Crippen molar-refractivity contribution in [2.24, 2.45) is 0 Å². The molecule has 2 rings (SSSR count). The Bertz CT molecular complexity index is 611. The van der Waals surface area contributed by atoms with Gasteiger partial charge in [-0.1, -0.05) is 11.6 Å². The Morgan fingerprint density at radius 1 is 1.35 bits per heavy atom. The van der Waals surface area contributed by atoms with Gasteiger partial charge in [0.1, 0.15) is 11.6 Å². The highest BCUT2D eigenvalue weighted by Gasteiger charge is 2.34. The Labute approximate surface area is 136 Å². The molecule has 0 aromatic heterocycles. The van der Waals surface area contributed by atoms with E-state index in [9.17, 15) is 14.0 Å². The molecular formula is C14H15ClFNO6. The lowest BCUT2D eigenvalue weighted by Gasteiger charge is -2.18. The van der Waals surface area contributed by atoms with E-state index in [0.29, 0.717) is 0 Å². The fourth-order valence-electron chi connectivity index (χ4n) is 1.94. The number of rotatable bonds is 5. The normalized spacial score (nSPS) is 20.1. The molecule has 1 fully saturated rings. The summed E-state index contributed by atoms with van der Waals surface area (Å²) in [5.74, 6) is -1.83. The molecule has 0 spiro atoms. The number of halogens is 2. The predicted octanol–water partition coefficient (Wildman–Crippen LogP) is 1.31. The zero-order valence-corrected chi connectivity index (χ0v) is 13.0. The number of benzene rings is 1. The lowest BCUT2D eigenvalue weighted by atomic mass is 10.2. The largest absolute Gasteiger partial charge is 0.480 e. The number of hydrogen-bond donors (Lipinski definition) is 1. The molecule has 1 aromatic rings. The van der Waals surface area contributed by atoms with Gasteiger partial charge < -0.3 is 24.7 Å². The molecule has 23 heavy (non-hydrogen) atoms. The van der Waals surface area contributed by atoms with Gasteiger partial charge in [0.2, 0.25) is 0 Å². The van der Waals surface area contributed by atoms with Gasteiger partial charge in [0, 0.05) is 13.0 Å². The van der Waals surface area contributed by atoms with Crippen molar-refractivity contribution in [1.29, 1.82) is 0 Å². The molecule has 0 amide bonds. The van der Waals surface area contributed by atoms with Gasteiger partial charge in [-0.15, -0.1) is 0 Å². The monoisotopic (exact) mass is 347 g/mol. The zero-order chi connectivity index (χ0) is 17.0. The van der Waals surface area contributed by atoms with E-state index < -0.39 is 36.6 Å². The average Bonchev–Trinajstić information content (AvgIpc) is 2.87. The van der Waals surface area contributed by atoms with Crippen LogP contribution in [0.4, 0.5) is 10.1 Å². The molecule has 0 aliphatic carbocycles. The third kappa shape index (κ3) is 4.70. The van der Waals surface area contributed by atoms with Gasteiger partial charge in [0.05, 0.1) is 23.9 Å². The molecule has 7 nitrogen and oxygen atoms in total. The minimum Gasteiger partial charge on any atom is -0.480 e. The molecule has 0 radical (unpaired) electrons. The summed E-state index contributed by atoms with van der Waals surface area (Å²) in [6, 6.07) is 2.16. The maximum atomic E-state index is 13.2. The smallest absolute Gasteiger partial charge is 0.344 e. The van der Waals surface area contributed by atoms with Gasteiger partial charge in [0.25, 0.3) is 0 Å². The Hall–Kier alpha value is -2.06. The van der Waals surface area contributed by atoms with Gasteiger partial charge in [-0.2, -0.15) is 0 Å². The van der Waals surface area contributed by atoms with Crippen molar-refractivity contribution in [3.63, 3.8) is 0 Å². The number of hydrogen-bond acceptors (Lipinski definition) is 7. The first-order chi connectivity index (χ1) is 10.9. The van der Waals surface area contributed by atoms with E-state index in [1.54, 1.807) is 0 Å². The standard InChI is InChI=1S/C14H15ClFNO6/c1-7(18)22-12-4-20-5-13(12)23-14(19)6-21-11-3-10(17)9(16)2-8(11)15/h2-3,12-13H,4-6,17H2,1H3. The Morgan fingerprint density at radius 3 is 2.65 bits per heavy atom. The van der Waals surface area contributed by atoms with Crippen molar-refractivity contribution >= 4 is 29.2 Å². The molecule has 9 heteroatoms. The summed E-state index contributed by atoms with van der Waals surface area (Å²) in [7, 11) is 0. The average molecular weight is 348 g/mol. The van der Waals surface area contributed by atoms with Crippen LogP contribution in [0.5, 0.6) is 5.75 Å². The Morgan fingerprint density at radius 2 is 2.00 bits per heavy atom. The van der Waals surface area contributed by atoms with Crippen molar-refractivity contribution in [2.75, 3.05) is 25.6 Å². The lowest BCUT2D eigenvalue weighted by Crippen LogP contribution is -2.34. The molecule has 1 aliphatic heterocycles. The van der Waals surface area contributed by atoms with E-state index in [-0.39, 0.29) is 29.7 Å². The zero-order valence-electron chi connectivity index (χ0n) is 12.2. The minimum atomic E-state index is -0.711. The van der Waals surface area contributed by atoms with Crippen LogP contribution in [0.25, 0.3) is 0 Å². The van der Waals surface area contributed by atoms with E-state index in [2.05, 4.69) is 0 Å². The highest BCUT2D eigenvalue weighted by atomic mass is 35.5. The van der Waals surface area contributed by atoms with Gasteiger partial charge in [-0.25, -0.2) is 9.18 Å². The number of nitrogen functional groups attached to an aromatic ring is 1. The fraction of sp³-hybridized carbons (Fsp3) is 0.429. The highest BCUT2D eigenvalue weighted by molar-refractivity contribution is 6.32. The molecule has 0 saturated carbocycles. The van der Waals surface area contributed by atoms with Crippen molar-refractivity contribution in [3.8, 4) is 5.75 Å². The molecule has 1 aliphatic rings. The summed E-state index contributed by atoms with van der Waals surface area (Å²) in [5.41, 5.74) is 5.24. The van der Waals surface area contributed by atoms with E-state index in [4.69, 9.17) is 36.3 Å². The van der Waals surface area contributed by atoms with Crippen molar-refractivity contribution in [1.82, 2.24) is 0 Å². The van der Waals surface area contributed by atoms with Gasteiger partial charge >= 0.3 is 11.9 Å². The fourth-order valence-corrected chi connectivity index (χ4v) is 2.15. The molecule has 2 N–H and O–H groups in total. The van der Waals surface area contributed by atoms with Crippen molar-refractivity contribution in [2.45, 2.75) is 19.1 Å². The number of esters is 2. The molecule has 126 valence electrons. The van der Waals surface area contributed by atoms with Crippen LogP contribution >= 0.6 is 11.6 Å². The SMILES string of the molecule is CC(=O)OC1COCC1OC(=O)COc1cc(N)c(F)cc1Cl. The third-order valence-corrected chi connectivity index (χ3v) is 3.27. The van der Waals surface area contributed by atoms with Crippen LogP contribution in [0, 0.1) is 5.82 Å². The first-order valence-corrected chi connectivity index (χ1v) is 7.06. The van der Waals surface area contributed by atoms with Crippen LogP contribution < -0.4 is 10.5 Å². The van der Waals surface area contributed by atoms with Gasteiger partial charge in [-0.3, -0.25) is 4.79 Å². The third-order valence-electron chi connectivity index (χ3n) is 2.98. The van der Waals surface area contributed by atoms with E-state index in [1.165, 1.54) is 13.0 Å². The molecular weight excluding hydrogens is 333 g/mol. The Balaban J connectivity index is 1.88. The van der Waals surface area contributed by atoms with Crippen LogP contribution in [-0.2, 0) is 23.8 Å². The number of anilines is 1. The molecule has 1 aromatic carbocycles. The van der Waals surface area contributed by atoms with Crippen LogP contribution in [0.3, 0.4) is 0 Å². The quantitative estimate of drug-likeness (QED) is 0.633. The first-order valence-electron chi connectivity index (χ1n) is 6.68. The molecule has 1 saturated heterocycles. The summed E-state index contributed by atoms with van der Waals surface area (Å²) in [5, 5.41) is -0.0218. The molecule has 2 unspecified atom stereocenters. The number of carbonyl (C=O) groups excluding carboxylic acids is 2. The number of ether oxygens (including phenoxy) is 4. The molecule has 0 bridgehead atoms. The van der Waals surface area contributed by atoms with Gasteiger partial charge in [-0.05, 0) is 6.07 Å². The summed E-state index contributed by atoms with van der Waals surface area (Å²) < 4.78 is 33.5. The second kappa shape index (κ2) is 7.47. The van der Waals surface area contributed by atoms with Crippen LogP contribution in [0.15, 0.2) is 12.1 Å². The van der Waals surface area contributed by atoms with Crippen molar-refractivity contribution in [3.05, 3.63) is 23.0 Å². The first kappa shape index (κ1) is 17.3. The summed E-state index contributed by atoms with van der Waals surface area (Å²) in [6.07, 6.45) is -1.36. The summed E-state index contributed by atoms with van der Waals surface area (Å²) in [4.78, 5) is 22.7. The van der Waals surface area contributed by atoms with Crippen molar-refractivity contribution < 1.29 is 32.9 Å². The van der Waals surface area contributed by atoms with Gasteiger partial charge in [0.15, 0.2) is 18.8 Å². The molecule has 1 heterocycles. The summed E-state index contributed by atoms with van der Waals surface area (Å²) in [6.45, 7) is 1.06. The van der Waals surface area contributed by atoms with Crippen LogP contribution in [0.1, 0.15) is 6.92 Å². The minimum absolute atomic E-state index is 0.0218. The van der Waals surface area contributed by atoms with E-state index in [1.807, 2.05) is 0 Å². The van der Waals surface area contributed by atoms with Crippen LogP contribution in [-0.4, -0.2) is 44.0 Å². The van der Waals surface area contributed by atoms with E-state index in [0.717, 1.165) is 6.07 Å². The molecule has 2 atom stereocenters. The maximum Gasteiger partial charge on any atom is 0.344 e. The van der Waals surface area contributed by atoms with Crippen LogP contribution in [0.2, 0.25) is 5.02 Å². The number of nitrogens with two attached hydrogens (primary N) is 1. The topological polar surface area (TPSA) is 97.1 Å². The second-order valence-electron chi connectivity index (χ2n) is 4.81. The lowest BCUT2D eigenvalue weighted by molar-refractivity contribution is -0.163. The second-order valence-corrected chi connectivity index (χ2v) is 5.21. The van der Waals surface area contributed by atoms with E-state index >= 15 is 0 Å².